The molecule has 4 aromatic carbocycles. The molecule has 0 radical (unpaired) electrons. The second-order valence-electron chi connectivity index (χ2n) is 8.91. The number of amides is 1. The number of fused-ring (bicyclic) bond motifs is 1. The van der Waals surface area contributed by atoms with Gasteiger partial charge in [-0.1, -0.05) is 71.8 Å². The Morgan fingerprint density at radius 1 is 1.02 bits per heavy atom. The average Bonchev–Trinajstić information content (AvgIpc) is 2.97. The fourth-order valence-corrected chi connectivity index (χ4v) is 4.30. The van der Waals surface area contributed by atoms with Crippen LogP contribution in [0, 0.1) is 6.92 Å². The van der Waals surface area contributed by atoms with Crippen molar-refractivity contribution in [2.75, 3.05) is 19.0 Å². The van der Waals surface area contributed by atoms with Crippen LogP contribution in [0.2, 0.25) is 5.02 Å². The molecule has 1 amide bonds. The summed E-state index contributed by atoms with van der Waals surface area (Å²) in [6, 6.07) is 27.0. The van der Waals surface area contributed by atoms with Gasteiger partial charge >= 0.3 is 0 Å². The Morgan fingerprint density at radius 3 is 2.50 bits per heavy atom. The predicted molar refractivity (Wildman–Crippen MR) is 158 cm³/mol. The van der Waals surface area contributed by atoms with Crippen molar-refractivity contribution in [3.8, 4) is 22.9 Å². The zero-order valence-corrected chi connectivity index (χ0v) is 22.6. The van der Waals surface area contributed by atoms with Crippen LogP contribution in [-0.2, 0) is 4.79 Å². The Balaban J connectivity index is 1.51. The monoisotopic (exact) mass is 552 g/mol. The fourth-order valence-electron chi connectivity index (χ4n) is 4.09. The number of para-hydroxylation sites is 1. The first-order valence-corrected chi connectivity index (χ1v) is 12.8. The zero-order valence-electron chi connectivity index (χ0n) is 21.8. The maximum atomic E-state index is 13.5. The molecule has 0 aliphatic rings. The molecule has 200 valence electrons. The number of rotatable bonds is 8. The van der Waals surface area contributed by atoms with Crippen LogP contribution in [0.25, 0.3) is 22.3 Å². The second kappa shape index (κ2) is 11.8. The molecule has 0 fully saturated rings. The molecule has 5 aromatic rings. The molecule has 5 rings (SSSR count). The topological polar surface area (TPSA) is 94.8 Å². The van der Waals surface area contributed by atoms with E-state index in [9.17, 15) is 9.59 Å². The molecular formula is C31H25ClN4O4. The molecule has 40 heavy (non-hydrogen) atoms. The molecule has 0 saturated carbocycles. The highest BCUT2D eigenvalue weighted by atomic mass is 35.5. The van der Waals surface area contributed by atoms with Gasteiger partial charge in [0.25, 0.3) is 11.5 Å². The van der Waals surface area contributed by atoms with Crippen molar-refractivity contribution in [3.63, 3.8) is 0 Å². The van der Waals surface area contributed by atoms with Crippen LogP contribution in [0.3, 0.4) is 0 Å². The quantitative estimate of drug-likeness (QED) is 0.241. The lowest BCUT2D eigenvalue weighted by Gasteiger charge is -2.14. The van der Waals surface area contributed by atoms with Gasteiger partial charge in [0.05, 0.1) is 24.2 Å². The molecule has 0 atom stereocenters. The molecule has 1 aromatic heterocycles. The number of methoxy groups -OCH3 is 1. The summed E-state index contributed by atoms with van der Waals surface area (Å²) < 4.78 is 12.6. The summed E-state index contributed by atoms with van der Waals surface area (Å²) in [5.74, 6) is 0.571. The number of aryl methyl sites for hydroxylation is 1. The number of hydrogen-bond donors (Lipinski definition) is 1. The Hall–Kier alpha value is -4.95. The number of anilines is 1. The van der Waals surface area contributed by atoms with Crippen molar-refractivity contribution < 1.29 is 14.3 Å². The van der Waals surface area contributed by atoms with Crippen molar-refractivity contribution in [1.29, 1.82) is 0 Å². The lowest BCUT2D eigenvalue weighted by Crippen LogP contribution is -2.21. The maximum absolute atomic E-state index is 13.5. The highest BCUT2D eigenvalue weighted by Gasteiger charge is 2.16. The summed E-state index contributed by atoms with van der Waals surface area (Å²) in [5.41, 5.74) is 3.09. The minimum atomic E-state index is -0.356. The van der Waals surface area contributed by atoms with Gasteiger partial charge in [0, 0.05) is 27.9 Å². The maximum Gasteiger partial charge on any atom is 0.282 e. The van der Waals surface area contributed by atoms with E-state index in [1.807, 2.05) is 67.6 Å². The highest BCUT2D eigenvalue weighted by Crippen LogP contribution is 2.34. The molecule has 1 N–H and O–H groups in total. The highest BCUT2D eigenvalue weighted by molar-refractivity contribution is 6.31. The zero-order chi connectivity index (χ0) is 28.1. The van der Waals surface area contributed by atoms with Gasteiger partial charge in [-0.15, -0.1) is 0 Å². The number of carbonyl (C=O) groups is 1. The van der Waals surface area contributed by atoms with Gasteiger partial charge in [-0.2, -0.15) is 9.78 Å². The van der Waals surface area contributed by atoms with E-state index in [-0.39, 0.29) is 23.8 Å². The number of aromatic nitrogens is 2. The lowest BCUT2D eigenvalue weighted by molar-refractivity contribution is -0.118. The third-order valence-corrected chi connectivity index (χ3v) is 6.27. The molecule has 0 saturated heterocycles. The molecule has 8 nitrogen and oxygen atoms in total. The van der Waals surface area contributed by atoms with Crippen molar-refractivity contribution in [3.05, 3.63) is 117 Å². The van der Waals surface area contributed by atoms with Crippen molar-refractivity contribution in [2.24, 2.45) is 5.10 Å². The van der Waals surface area contributed by atoms with E-state index in [1.165, 1.54) is 18.0 Å². The number of nitrogens with zero attached hydrogens (tertiary/aromatic N) is 3. The third-order valence-electron chi connectivity index (χ3n) is 6.05. The van der Waals surface area contributed by atoms with Crippen LogP contribution in [-0.4, -0.2) is 35.5 Å². The van der Waals surface area contributed by atoms with Gasteiger partial charge in [-0.25, -0.2) is 4.98 Å². The Kier molecular flexibility index (Phi) is 7.89. The summed E-state index contributed by atoms with van der Waals surface area (Å²) >= 11 is 6.34. The van der Waals surface area contributed by atoms with Gasteiger partial charge in [-0.05, 0) is 37.3 Å². The Labute approximate surface area is 235 Å². The molecular weight excluding hydrogens is 528 g/mol. The smallest absolute Gasteiger partial charge is 0.282 e. The minimum absolute atomic E-state index is 0.248. The number of nitrogens with one attached hydrogen (secondary N) is 1. The van der Waals surface area contributed by atoms with Crippen LogP contribution in [0.1, 0.15) is 11.1 Å². The molecule has 0 bridgehead atoms. The first-order chi connectivity index (χ1) is 19.4. The number of benzene rings is 4. The Bertz CT molecular complexity index is 1770. The SMILES string of the molecule is COc1cc(Cl)cc(C=Nn2c(-c3ccccc3)nc3ccccc3c2=O)c1OCC(=O)Nc1ccc(C)cc1. The van der Waals surface area contributed by atoms with E-state index >= 15 is 0 Å². The van der Waals surface area contributed by atoms with E-state index in [0.29, 0.717) is 38.8 Å². The summed E-state index contributed by atoms with van der Waals surface area (Å²) in [4.78, 5) is 30.8. The van der Waals surface area contributed by atoms with Crippen LogP contribution >= 0.6 is 11.6 Å². The lowest BCUT2D eigenvalue weighted by atomic mass is 10.2. The predicted octanol–water partition coefficient (Wildman–Crippen LogP) is 5.93. The average molecular weight is 553 g/mol. The second-order valence-corrected chi connectivity index (χ2v) is 9.35. The largest absolute Gasteiger partial charge is 0.493 e. The normalized spacial score (nSPS) is 11.1. The van der Waals surface area contributed by atoms with Gasteiger partial charge in [0.15, 0.2) is 23.9 Å². The van der Waals surface area contributed by atoms with E-state index in [0.717, 1.165) is 11.1 Å². The number of carbonyl (C=O) groups excluding carboxylic acids is 1. The van der Waals surface area contributed by atoms with E-state index in [1.54, 1.807) is 30.3 Å². The number of ether oxygens (including phenoxy) is 2. The van der Waals surface area contributed by atoms with E-state index in [4.69, 9.17) is 26.1 Å². The first-order valence-electron chi connectivity index (χ1n) is 12.4. The molecule has 0 aliphatic carbocycles. The van der Waals surface area contributed by atoms with Crippen LogP contribution < -0.4 is 20.3 Å². The molecule has 0 spiro atoms. The van der Waals surface area contributed by atoms with Crippen molar-refractivity contribution in [2.45, 2.75) is 6.92 Å². The minimum Gasteiger partial charge on any atom is -0.493 e. The van der Waals surface area contributed by atoms with Gasteiger partial charge in [0.1, 0.15) is 0 Å². The standard InChI is InChI=1S/C31H25ClN4O4/c1-20-12-14-24(15-13-20)34-28(37)19-40-29-22(16-23(32)17-27(29)39-2)18-33-36-30(21-8-4-3-5-9-21)35-26-11-7-6-10-25(26)31(36)38/h3-18H,19H2,1-2H3,(H,34,37). The summed E-state index contributed by atoms with van der Waals surface area (Å²) in [6.45, 7) is 1.68. The number of hydrogen-bond acceptors (Lipinski definition) is 6. The summed E-state index contributed by atoms with van der Waals surface area (Å²) in [5, 5.41) is 8.09. The van der Waals surface area contributed by atoms with Gasteiger partial charge in [0.2, 0.25) is 0 Å². The van der Waals surface area contributed by atoms with E-state index < -0.39 is 0 Å². The van der Waals surface area contributed by atoms with Crippen molar-refractivity contribution in [1.82, 2.24) is 9.66 Å². The molecule has 0 aliphatic heterocycles. The fraction of sp³-hybridized carbons (Fsp3) is 0.0968. The summed E-state index contributed by atoms with van der Waals surface area (Å²) in [6.07, 6.45) is 1.44. The van der Waals surface area contributed by atoms with Crippen LogP contribution in [0.4, 0.5) is 5.69 Å². The van der Waals surface area contributed by atoms with Crippen molar-refractivity contribution >= 4 is 40.3 Å². The van der Waals surface area contributed by atoms with Gasteiger partial charge < -0.3 is 14.8 Å². The molecule has 0 unspecified atom stereocenters. The van der Waals surface area contributed by atoms with Crippen LogP contribution in [0.15, 0.2) is 101 Å². The first kappa shape index (κ1) is 26.6. The van der Waals surface area contributed by atoms with Crippen LogP contribution in [0.5, 0.6) is 11.5 Å². The number of halogens is 1. The molecule has 9 heteroatoms. The Morgan fingerprint density at radius 2 is 1.75 bits per heavy atom. The summed E-state index contributed by atoms with van der Waals surface area (Å²) in [7, 11) is 1.47. The third kappa shape index (κ3) is 5.87. The van der Waals surface area contributed by atoms with Gasteiger partial charge in [-0.3, -0.25) is 9.59 Å². The van der Waals surface area contributed by atoms with E-state index in [2.05, 4.69) is 10.4 Å². The molecule has 1 heterocycles.